The maximum atomic E-state index is 6.20. The molecule has 1 fully saturated rings. The number of pyridine rings is 1. The number of hydrogen-bond donors (Lipinski definition) is 0. The van der Waals surface area contributed by atoms with Gasteiger partial charge in [-0.2, -0.15) is 4.98 Å². The average molecular weight is 396 g/mol. The lowest BCUT2D eigenvalue weighted by Gasteiger charge is -2.23. The lowest BCUT2D eigenvalue weighted by atomic mass is 9.98. The fourth-order valence-corrected chi connectivity index (χ4v) is 3.66. The van der Waals surface area contributed by atoms with Gasteiger partial charge in [-0.25, -0.2) is 4.98 Å². The third-order valence-corrected chi connectivity index (χ3v) is 5.37. The van der Waals surface area contributed by atoms with Crippen LogP contribution in [-0.2, 0) is 13.5 Å². The molecule has 8 heteroatoms. The van der Waals surface area contributed by atoms with Gasteiger partial charge in [0.1, 0.15) is 11.4 Å². The third kappa shape index (κ3) is 4.31. The van der Waals surface area contributed by atoms with E-state index < -0.39 is 0 Å². The van der Waals surface area contributed by atoms with Gasteiger partial charge in [0, 0.05) is 13.0 Å². The molecule has 0 spiro atoms. The van der Waals surface area contributed by atoms with Crippen LogP contribution in [0, 0.1) is 6.92 Å². The molecule has 3 aromatic heterocycles. The molecule has 0 aromatic carbocycles. The maximum Gasteiger partial charge on any atom is 0.229 e. The van der Waals surface area contributed by atoms with E-state index in [2.05, 4.69) is 20.5 Å². The van der Waals surface area contributed by atoms with Crippen molar-refractivity contribution in [2.45, 2.75) is 71.3 Å². The SMILES string of the molecule is Cc1nc(-c2nnn(C)c2Cc2noc(C(C)C)n2)ccc1OC1CCCCC1. The van der Waals surface area contributed by atoms with Crippen LogP contribution < -0.4 is 4.74 Å². The van der Waals surface area contributed by atoms with Crippen LogP contribution in [0.5, 0.6) is 5.75 Å². The normalized spacial score (nSPS) is 15.2. The number of hydrogen-bond acceptors (Lipinski definition) is 7. The summed E-state index contributed by atoms with van der Waals surface area (Å²) in [5, 5.41) is 12.6. The highest BCUT2D eigenvalue weighted by Gasteiger charge is 2.20. The van der Waals surface area contributed by atoms with Crippen molar-refractivity contribution in [3.8, 4) is 17.1 Å². The minimum absolute atomic E-state index is 0.196. The van der Waals surface area contributed by atoms with Gasteiger partial charge in [-0.05, 0) is 44.7 Å². The van der Waals surface area contributed by atoms with Crippen LogP contribution in [0.15, 0.2) is 16.7 Å². The molecule has 0 aliphatic heterocycles. The largest absolute Gasteiger partial charge is 0.489 e. The van der Waals surface area contributed by atoms with Crippen molar-refractivity contribution >= 4 is 0 Å². The van der Waals surface area contributed by atoms with E-state index in [1.807, 2.05) is 40.0 Å². The lowest BCUT2D eigenvalue weighted by molar-refractivity contribution is 0.153. The molecular formula is C21H28N6O2. The quantitative estimate of drug-likeness (QED) is 0.622. The van der Waals surface area contributed by atoms with Crippen LogP contribution in [0.25, 0.3) is 11.4 Å². The summed E-state index contributed by atoms with van der Waals surface area (Å²) >= 11 is 0. The third-order valence-electron chi connectivity index (χ3n) is 5.37. The first-order chi connectivity index (χ1) is 14.0. The molecule has 0 N–H and O–H groups in total. The van der Waals surface area contributed by atoms with Crippen LogP contribution in [-0.4, -0.2) is 36.2 Å². The van der Waals surface area contributed by atoms with E-state index in [0.29, 0.717) is 24.2 Å². The van der Waals surface area contributed by atoms with Crippen LogP contribution in [0.2, 0.25) is 0 Å². The van der Waals surface area contributed by atoms with Gasteiger partial charge in [0.25, 0.3) is 0 Å². The van der Waals surface area contributed by atoms with Crippen molar-refractivity contribution in [3.63, 3.8) is 0 Å². The van der Waals surface area contributed by atoms with Gasteiger partial charge >= 0.3 is 0 Å². The molecule has 3 aromatic rings. The molecule has 4 rings (SSSR count). The second kappa shape index (κ2) is 8.31. The van der Waals surface area contributed by atoms with Crippen LogP contribution in [0.4, 0.5) is 0 Å². The topological polar surface area (TPSA) is 91.8 Å². The zero-order valence-corrected chi connectivity index (χ0v) is 17.6. The Hall–Kier alpha value is -2.77. The van der Waals surface area contributed by atoms with Crippen LogP contribution in [0.1, 0.15) is 75.0 Å². The van der Waals surface area contributed by atoms with Crippen molar-refractivity contribution in [1.82, 2.24) is 30.1 Å². The Morgan fingerprint density at radius 1 is 1.17 bits per heavy atom. The minimum Gasteiger partial charge on any atom is -0.489 e. The second-order valence-corrected chi connectivity index (χ2v) is 8.05. The van der Waals surface area contributed by atoms with E-state index in [1.165, 1.54) is 19.3 Å². The van der Waals surface area contributed by atoms with Gasteiger partial charge < -0.3 is 9.26 Å². The van der Waals surface area contributed by atoms with Gasteiger partial charge in [-0.1, -0.05) is 30.6 Å². The zero-order chi connectivity index (χ0) is 20.4. The Bertz CT molecular complexity index is 971. The summed E-state index contributed by atoms with van der Waals surface area (Å²) in [6.45, 7) is 6.03. The maximum absolute atomic E-state index is 6.20. The summed E-state index contributed by atoms with van der Waals surface area (Å²) in [7, 11) is 1.86. The molecule has 0 saturated heterocycles. The number of nitrogens with zero attached hydrogens (tertiary/aromatic N) is 6. The highest BCUT2D eigenvalue weighted by Crippen LogP contribution is 2.28. The standard InChI is InChI=1S/C21H28N6O2/c1-13(2)21-23-19(25-29-21)12-17-20(24-26-27(17)4)16-10-11-18(14(3)22-16)28-15-8-6-5-7-9-15/h10-11,13,15H,5-9,12H2,1-4H3. The van der Waals surface area contributed by atoms with E-state index in [0.717, 1.165) is 41.4 Å². The van der Waals surface area contributed by atoms with E-state index in [-0.39, 0.29) is 5.92 Å². The first-order valence-corrected chi connectivity index (χ1v) is 10.4. The fourth-order valence-electron chi connectivity index (χ4n) is 3.66. The van der Waals surface area contributed by atoms with E-state index in [4.69, 9.17) is 14.2 Å². The molecule has 0 unspecified atom stereocenters. The van der Waals surface area contributed by atoms with E-state index in [1.54, 1.807) is 4.68 Å². The van der Waals surface area contributed by atoms with Crippen LogP contribution >= 0.6 is 0 Å². The summed E-state index contributed by atoms with van der Waals surface area (Å²) in [6.07, 6.45) is 6.83. The lowest BCUT2D eigenvalue weighted by Crippen LogP contribution is -2.20. The first-order valence-electron chi connectivity index (χ1n) is 10.4. The summed E-state index contributed by atoms with van der Waals surface area (Å²) in [5.74, 6) is 2.30. The van der Waals surface area contributed by atoms with Gasteiger partial charge in [-0.3, -0.25) is 4.68 Å². The van der Waals surface area contributed by atoms with Crippen molar-refractivity contribution < 1.29 is 9.26 Å². The van der Waals surface area contributed by atoms with Crippen molar-refractivity contribution in [1.29, 1.82) is 0 Å². The molecule has 29 heavy (non-hydrogen) atoms. The second-order valence-electron chi connectivity index (χ2n) is 8.05. The van der Waals surface area contributed by atoms with Crippen LogP contribution in [0.3, 0.4) is 0 Å². The van der Waals surface area contributed by atoms with Crippen molar-refractivity contribution in [2.75, 3.05) is 0 Å². The van der Waals surface area contributed by atoms with Gasteiger partial charge in [0.05, 0.1) is 29.6 Å². The Kier molecular flexibility index (Phi) is 5.60. The molecular weight excluding hydrogens is 368 g/mol. The highest BCUT2D eigenvalue weighted by atomic mass is 16.5. The number of aryl methyl sites for hydroxylation is 2. The van der Waals surface area contributed by atoms with Gasteiger partial charge in [0.15, 0.2) is 5.82 Å². The Balaban J connectivity index is 1.56. The Morgan fingerprint density at radius 2 is 1.97 bits per heavy atom. The van der Waals surface area contributed by atoms with Crippen molar-refractivity contribution in [3.05, 3.63) is 35.2 Å². The average Bonchev–Trinajstić information content (AvgIpc) is 3.32. The van der Waals surface area contributed by atoms with E-state index in [9.17, 15) is 0 Å². The predicted octanol–water partition coefficient (Wildman–Crippen LogP) is 3.99. The Labute approximate surface area is 170 Å². The number of aromatic nitrogens is 6. The monoisotopic (exact) mass is 396 g/mol. The molecule has 1 saturated carbocycles. The number of ether oxygens (including phenoxy) is 1. The smallest absolute Gasteiger partial charge is 0.229 e. The molecule has 0 bridgehead atoms. The Morgan fingerprint density at radius 3 is 2.66 bits per heavy atom. The van der Waals surface area contributed by atoms with Gasteiger partial charge in [0.2, 0.25) is 5.89 Å². The summed E-state index contributed by atoms with van der Waals surface area (Å²) in [5.41, 5.74) is 3.27. The molecule has 8 nitrogen and oxygen atoms in total. The van der Waals surface area contributed by atoms with Crippen molar-refractivity contribution in [2.24, 2.45) is 7.05 Å². The fraction of sp³-hybridized carbons (Fsp3) is 0.571. The summed E-state index contributed by atoms with van der Waals surface area (Å²) < 4.78 is 13.3. The van der Waals surface area contributed by atoms with Gasteiger partial charge in [-0.15, -0.1) is 5.10 Å². The summed E-state index contributed by atoms with van der Waals surface area (Å²) in [6, 6.07) is 3.95. The van der Waals surface area contributed by atoms with E-state index >= 15 is 0 Å². The molecule has 1 aliphatic rings. The minimum atomic E-state index is 0.196. The molecule has 0 atom stereocenters. The molecule has 0 amide bonds. The molecule has 0 radical (unpaired) electrons. The molecule has 154 valence electrons. The predicted molar refractivity (Wildman–Crippen MR) is 108 cm³/mol. The highest BCUT2D eigenvalue weighted by molar-refractivity contribution is 5.58. The zero-order valence-electron chi connectivity index (χ0n) is 17.6. The molecule has 1 aliphatic carbocycles. The summed E-state index contributed by atoms with van der Waals surface area (Å²) in [4.78, 5) is 9.22. The number of rotatable bonds is 6. The first kappa shape index (κ1) is 19.5. The molecule has 3 heterocycles.